The van der Waals surface area contributed by atoms with E-state index in [1.165, 1.54) is 11.1 Å². The molecule has 0 aromatic carbocycles. The SMILES string of the molecule is F[C@H]1CCN(C2CCN(c3cncc4[nH]c5ncccc5c34)CC2)C1. The maximum Gasteiger partial charge on any atom is 0.138 e. The number of pyridine rings is 2. The van der Waals surface area contributed by atoms with Gasteiger partial charge in [0.1, 0.15) is 11.8 Å². The van der Waals surface area contributed by atoms with Crippen LogP contribution in [0.25, 0.3) is 21.9 Å². The van der Waals surface area contributed by atoms with Gasteiger partial charge in [0.25, 0.3) is 0 Å². The highest BCUT2D eigenvalue weighted by Gasteiger charge is 2.31. The number of nitrogens with zero attached hydrogens (tertiary/aromatic N) is 4. The Labute approximate surface area is 145 Å². The molecule has 0 amide bonds. The van der Waals surface area contributed by atoms with Gasteiger partial charge >= 0.3 is 0 Å². The third-order valence-electron chi connectivity index (χ3n) is 5.74. The van der Waals surface area contributed by atoms with Crippen molar-refractivity contribution in [3.8, 4) is 0 Å². The average molecular weight is 339 g/mol. The minimum absolute atomic E-state index is 0.522. The van der Waals surface area contributed by atoms with E-state index in [4.69, 9.17) is 0 Å². The van der Waals surface area contributed by atoms with Crippen LogP contribution in [0.4, 0.5) is 10.1 Å². The molecule has 0 aliphatic carbocycles. The first-order valence-electron chi connectivity index (χ1n) is 9.13. The lowest BCUT2D eigenvalue weighted by atomic mass is 10.0. The molecule has 5 heterocycles. The fourth-order valence-electron chi connectivity index (χ4n) is 4.45. The van der Waals surface area contributed by atoms with Crippen LogP contribution < -0.4 is 4.90 Å². The van der Waals surface area contributed by atoms with Crippen molar-refractivity contribution in [2.24, 2.45) is 0 Å². The lowest BCUT2D eigenvalue weighted by Crippen LogP contribution is -2.44. The quantitative estimate of drug-likeness (QED) is 0.779. The van der Waals surface area contributed by atoms with Crippen molar-refractivity contribution in [2.45, 2.75) is 31.5 Å². The third kappa shape index (κ3) is 2.56. The molecule has 2 saturated heterocycles. The number of likely N-dealkylation sites (tertiary alicyclic amines) is 1. The predicted octanol–water partition coefficient (Wildman–Crippen LogP) is 3.12. The average Bonchev–Trinajstić information content (AvgIpc) is 3.25. The summed E-state index contributed by atoms with van der Waals surface area (Å²) in [5.41, 5.74) is 3.13. The van der Waals surface area contributed by atoms with E-state index in [9.17, 15) is 4.39 Å². The number of fused-ring (bicyclic) bond motifs is 3. The van der Waals surface area contributed by atoms with Gasteiger partial charge < -0.3 is 9.88 Å². The maximum atomic E-state index is 13.5. The number of piperidine rings is 1. The first-order valence-corrected chi connectivity index (χ1v) is 9.13. The van der Waals surface area contributed by atoms with Crippen LogP contribution in [0.2, 0.25) is 0 Å². The van der Waals surface area contributed by atoms with E-state index in [2.05, 4.69) is 30.8 Å². The zero-order valence-corrected chi connectivity index (χ0v) is 14.2. The molecular weight excluding hydrogens is 317 g/mol. The third-order valence-corrected chi connectivity index (χ3v) is 5.74. The van der Waals surface area contributed by atoms with Crippen molar-refractivity contribution in [1.29, 1.82) is 0 Å². The number of rotatable bonds is 2. The number of hydrogen-bond acceptors (Lipinski definition) is 4. The molecule has 2 aliphatic rings. The number of aromatic nitrogens is 3. The Morgan fingerprint density at radius 2 is 2.00 bits per heavy atom. The summed E-state index contributed by atoms with van der Waals surface area (Å²) >= 11 is 0. The molecule has 2 aliphatic heterocycles. The largest absolute Gasteiger partial charge is 0.370 e. The van der Waals surface area contributed by atoms with Crippen LogP contribution in [0, 0.1) is 0 Å². The second-order valence-electron chi connectivity index (χ2n) is 7.20. The van der Waals surface area contributed by atoms with Crippen molar-refractivity contribution in [2.75, 3.05) is 31.1 Å². The van der Waals surface area contributed by atoms with E-state index < -0.39 is 6.17 Å². The Kier molecular flexibility index (Phi) is 3.59. The van der Waals surface area contributed by atoms with E-state index in [0.717, 1.165) is 49.0 Å². The normalized spacial score (nSPS) is 23.1. The van der Waals surface area contributed by atoms with Crippen molar-refractivity contribution in [3.63, 3.8) is 0 Å². The Hall–Kier alpha value is -2.21. The molecule has 0 radical (unpaired) electrons. The van der Waals surface area contributed by atoms with E-state index in [-0.39, 0.29) is 0 Å². The van der Waals surface area contributed by atoms with Crippen LogP contribution in [0.3, 0.4) is 0 Å². The Balaban J connectivity index is 1.43. The Morgan fingerprint density at radius 3 is 2.80 bits per heavy atom. The van der Waals surface area contributed by atoms with E-state index in [1.807, 2.05) is 24.7 Å². The van der Waals surface area contributed by atoms with Crippen LogP contribution in [-0.2, 0) is 0 Å². The summed E-state index contributed by atoms with van der Waals surface area (Å²) in [7, 11) is 0. The molecule has 0 unspecified atom stereocenters. The van der Waals surface area contributed by atoms with E-state index >= 15 is 0 Å². The van der Waals surface area contributed by atoms with Crippen LogP contribution in [0.5, 0.6) is 0 Å². The minimum Gasteiger partial charge on any atom is -0.370 e. The van der Waals surface area contributed by atoms with Gasteiger partial charge in [0.05, 0.1) is 23.6 Å². The number of halogens is 1. The summed E-state index contributed by atoms with van der Waals surface area (Å²) in [4.78, 5) is 17.0. The fraction of sp³-hybridized carbons (Fsp3) is 0.474. The summed E-state index contributed by atoms with van der Waals surface area (Å²) in [5.74, 6) is 0. The van der Waals surface area contributed by atoms with Gasteiger partial charge in [-0.15, -0.1) is 0 Å². The zero-order valence-electron chi connectivity index (χ0n) is 14.2. The summed E-state index contributed by atoms with van der Waals surface area (Å²) in [5, 5.41) is 2.36. The Bertz CT molecular complexity index is 899. The van der Waals surface area contributed by atoms with Gasteiger partial charge in [-0.1, -0.05) is 0 Å². The van der Waals surface area contributed by atoms with Crippen molar-refractivity contribution in [3.05, 3.63) is 30.7 Å². The fourth-order valence-corrected chi connectivity index (χ4v) is 4.45. The molecule has 3 aromatic rings. The first kappa shape index (κ1) is 15.1. The van der Waals surface area contributed by atoms with Gasteiger partial charge in [-0.25, -0.2) is 9.37 Å². The number of nitrogens with one attached hydrogen (secondary N) is 1. The molecule has 6 heteroatoms. The highest BCUT2D eigenvalue weighted by atomic mass is 19.1. The van der Waals surface area contributed by atoms with Crippen molar-refractivity contribution in [1.82, 2.24) is 19.9 Å². The van der Waals surface area contributed by atoms with Gasteiger partial charge in [0, 0.05) is 49.2 Å². The maximum absolute atomic E-state index is 13.5. The van der Waals surface area contributed by atoms with Crippen LogP contribution >= 0.6 is 0 Å². The van der Waals surface area contributed by atoms with Crippen LogP contribution in [0.1, 0.15) is 19.3 Å². The summed E-state index contributed by atoms with van der Waals surface area (Å²) in [6.07, 6.45) is 7.90. The predicted molar refractivity (Wildman–Crippen MR) is 97.7 cm³/mol. The highest BCUT2D eigenvalue weighted by molar-refractivity contribution is 6.11. The molecule has 3 aromatic heterocycles. The smallest absolute Gasteiger partial charge is 0.138 e. The molecule has 1 atom stereocenters. The second-order valence-corrected chi connectivity index (χ2v) is 7.20. The van der Waals surface area contributed by atoms with E-state index in [0.29, 0.717) is 19.0 Å². The van der Waals surface area contributed by atoms with Crippen molar-refractivity contribution >= 4 is 27.6 Å². The molecule has 130 valence electrons. The Morgan fingerprint density at radius 1 is 1.12 bits per heavy atom. The minimum atomic E-state index is -0.630. The lowest BCUT2D eigenvalue weighted by Gasteiger charge is -2.37. The van der Waals surface area contributed by atoms with Gasteiger partial charge in [0.15, 0.2) is 0 Å². The van der Waals surface area contributed by atoms with Gasteiger partial charge in [-0.05, 0) is 31.4 Å². The molecule has 0 bridgehead atoms. The molecule has 5 nitrogen and oxygen atoms in total. The number of H-pyrrole nitrogens is 1. The summed E-state index contributed by atoms with van der Waals surface area (Å²) in [6.45, 7) is 3.52. The van der Waals surface area contributed by atoms with Crippen LogP contribution in [0.15, 0.2) is 30.7 Å². The molecule has 25 heavy (non-hydrogen) atoms. The number of hydrogen-bond donors (Lipinski definition) is 1. The highest BCUT2D eigenvalue weighted by Crippen LogP contribution is 2.34. The molecule has 2 fully saturated rings. The molecule has 1 N–H and O–H groups in total. The lowest BCUT2D eigenvalue weighted by molar-refractivity contribution is 0.192. The standard InChI is InChI=1S/C19H22FN5/c20-13-3-7-25(12-13)14-4-8-24(9-5-14)17-11-21-10-16-18(17)15-2-1-6-22-19(15)23-16/h1-2,6,10-11,13-14H,3-5,7-9,12H2,(H,22,23)/t13-/m0/s1. The number of anilines is 1. The van der Waals surface area contributed by atoms with Gasteiger partial charge in [-0.2, -0.15) is 0 Å². The monoisotopic (exact) mass is 339 g/mol. The molecule has 5 rings (SSSR count). The van der Waals surface area contributed by atoms with Gasteiger partial charge in [-0.3, -0.25) is 9.88 Å². The first-order chi connectivity index (χ1) is 12.3. The zero-order chi connectivity index (χ0) is 16.8. The van der Waals surface area contributed by atoms with E-state index in [1.54, 1.807) is 0 Å². The second kappa shape index (κ2) is 5.95. The van der Waals surface area contributed by atoms with Crippen molar-refractivity contribution < 1.29 is 4.39 Å². The van der Waals surface area contributed by atoms with Gasteiger partial charge in [0.2, 0.25) is 0 Å². The summed E-state index contributed by atoms with van der Waals surface area (Å²) in [6, 6.07) is 4.62. The topological polar surface area (TPSA) is 48.0 Å². The number of aromatic amines is 1. The molecule has 0 spiro atoms. The number of alkyl halides is 1. The molecular formula is C19H22FN5. The van der Waals surface area contributed by atoms with Crippen LogP contribution in [-0.4, -0.2) is 58.2 Å². The summed E-state index contributed by atoms with van der Waals surface area (Å²) < 4.78 is 13.5. The molecule has 0 saturated carbocycles.